The van der Waals surface area contributed by atoms with E-state index >= 15 is 0 Å². The van der Waals surface area contributed by atoms with E-state index < -0.39 is 119 Å². The molecule has 0 radical (unpaired) electrons. The summed E-state index contributed by atoms with van der Waals surface area (Å²) < 4.78 is 41.3. The number of rotatable bonds is 29. The highest BCUT2D eigenvalue weighted by Gasteiger charge is 2.34. The number of fused-ring (bicyclic) bond motifs is 1. The number of carbonyl (C=O) groups excluding carboxylic acids is 8. The van der Waals surface area contributed by atoms with Crippen molar-refractivity contribution in [2.24, 2.45) is 5.73 Å². The second-order valence-electron chi connectivity index (χ2n) is 19.7. The van der Waals surface area contributed by atoms with Crippen molar-refractivity contribution in [3.05, 3.63) is 138 Å². The summed E-state index contributed by atoms with van der Waals surface area (Å²) >= 11 is 0. The van der Waals surface area contributed by atoms with Crippen LogP contribution >= 0.6 is 0 Å². The maximum Gasteiger partial charge on any atom is 0.446 e. The number of alkyl carbamates (subject to hydrolysis) is 1. The largest absolute Gasteiger partial charge is 0.481 e. The highest BCUT2D eigenvalue weighted by molar-refractivity contribution is 7.81. The van der Waals surface area contributed by atoms with Gasteiger partial charge < -0.3 is 62.0 Å². The van der Waals surface area contributed by atoms with Crippen molar-refractivity contribution in [1.29, 1.82) is 0 Å². The van der Waals surface area contributed by atoms with E-state index in [1.807, 2.05) is 6.92 Å². The molecule has 4 aromatic carbocycles. The molecule has 428 valence electrons. The normalized spacial score (nSPS) is 13.6. The molecule has 8 amide bonds. The van der Waals surface area contributed by atoms with Crippen LogP contribution in [0.2, 0.25) is 0 Å². The maximum atomic E-state index is 14.6. The van der Waals surface area contributed by atoms with Crippen molar-refractivity contribution < 1.29 is 70.1 Å². The molecule has 0 aliphatic carbocycles. The minimum atomic E-state index is -4.83. The molecule has 24 nitrogen and oxygen atoms in total. The van der Waals surface area contributed by atoms with E-state index in [1.54, 1.807) is 112 Å². The van der Waals surface area contributed by atoms with E-state index in [2.05, 4.69) is 46.4 Å². The molecule has 0 saturated heterocycles. The van der Waals surface area contributed by atoms with Crippen molar-refractivity contribution in [3.8, 4) is 5.75 Å². The summed E-state index contributed by atoms with van der Waals surface area (Å²) in [5, 5.41) is 28.4. The number of benzene rings is 4. The van der Waals surface area contributed by atoms with Crippen molar-refractivity contribution in [2.75, 3.05) is 6.54 Å². The molecule has 12 N–H and O–H groups in total. The lowest BCUT2D eigenvalue weighted by molar-refractivity contribution is -0.141. The fourth-order valence-electron chi connectivity index (χ4n) is 8.24. The lowest BCUT2D eigenvalue weighted by Gasteiger charge is -2.26. The monoisotopic (exact) mass is 1130 g/mol. The number of ether oxygens (including phenoxy) is 1. The van der Waals surface area contributed by atoms with Crippen LogP contribution in [-0.2, 0) is 79.2 Å². The van der Waals surface area contributed by atoms with E-state index in [0.29, 0.717) is 46.0 Å². The molecule has 1 heterocycles. The highest BCUT2D eigenvalue weighted by Crippen LogP contribution is 2.20. The van der Waals surface area contributed by atoms with Gasteiger partial charge in [-0.1, -0.05) is 111 Å². The quantitative estimate of drug-likeness (QED) is 0.0306. The van der Waals surface area contributed by atoms with Crippen molar-refractivity contribution in [2.45, 2.75) is 121 Å². The Bertz CT molecular complexity index is 3080. The van der Waals surface area contributed by atoms with Gasteiger partial charge in [-0.2, -0.15) is 8.42 Å². The predicted molar refractivity (Wildman–Crippen MR) is 291 cm³/mol. The van der Waals surface area contributed by atoms with E-state index in [-0.39, 0.29) is 37.9 Å². The number of carboxylic acid groups (broad SMARTS) is 1. The van der Waals surface area contributed by atoms with E-state index in [9.17, 15) is 56.7 Å². The zero-order chi connectivity index (χ0) is 58.6. The van der Waals surface area contributed by atoms with E-state index in [4.69, 9.17) is 15.0 Å². The van der Waals surface area contributed by atoms with Gasteiger partial charge in [-0.25, -0.2) is 4.79 Å². The van der Waals surface area contributed by atoms with Gasteiger partial charge >= 0.3 is 22.5 Å². The molecule has 0 aliphatic heterocycles. The molecule has 25 heteroatoms. The Balaban J connectivity index is 1.36. The van der Waals surface area contributed by atoms with Gasteiger partial charge in [-0.15, -0.1) is 0 Å². The molecule has 0 saturated carbocycles. The summed E-state index contributed by atoms with van der Waals surface area (Å²) in [5.74, 6) is -8.04. The van der Waals surface area contributed by atoms with Crippen LogP contribution in [0.4, 0.5) is 4.79 Å². The van der Waals surface area contributed by atoms with Crippen LogP contribution < -0.4 is 47.1 Å². The number of H-pyrrole nitrogens is 1. The van der Waals surface area contributed by atoms with Crippen LogP contribution in [0.1, 0.15) is 75.6 Å². The first kappa shape index (κ1) is 62.0. The molecule has 0 spiro atoms. The Labute approximate surface area is 462 Å². The molecular weight excluding hydrogens is 1060 g/mol. The molecule has 6 atom stereocenters. The summed E-state index contributed by atoms with van der Waals surface area (Å²) in [6.07, 6.45) is 0.274. The van der Waals surface area contributed by atoms with Crippen LogP contribution in [0, 0.1) is 0 Å². The van der Waals surface area contributed by atoms with Crippen molar-refractivity contribution >= 4 is 74.7 Å². The number of nitrogens with two attached hydrogens (primary N) is 1. The summed E-state index contributed by atoms with van der Waals surface area (Å²) in [6, 6.07) is 20.7. The number of carbonyl (C=O) groups is 9. The fraction of sp³-hybridized carbons (Fsp3) is 0.364. The van der Waals surface area contributed by atoms with Gasteiger partial charge in [0.25, 0.3) is 0 Å². The smallest absolute Gasteiger partial charge is 0.446 e. The number of hydrogen-bond donors (Lipinski definition) is 11. The van der Waals surface area contributed by atoms with Crippen molar-refractivity contribution in [3.63, 3.8) is 0 Å². The molecule has 0 unspecified atom stereocenters. The van der Waals surface area contributed by atoms with E-state index in [1.165, 1.54) is 24.3 Å². The minimum absolute atomic E-state index is 0.0390. The lowest BCUT2D eigenvalue weighted by Crippen LogP contribution is -2.59. The molecule has 80 heavy (non-hydrogen) atoms. The van der Waals surface area contributed by atoms with Crippen molar-refractivity contribution in [1.82, 2.24) is 42.2 Å². The topological polar surface area (TPSA) is 373 Å². The van der Waals surface area contributed by atoms with Gasteiger partial charge in [0, 0.05) is 42.8 Å². The number of hydrogen-bond acceptors (Lipinski definition) is 13. The second-order valence-corrected chi connectivity index (χ2v) is 20.7. The summed E-state index contributed by atoms with van der Waals surface area (Å²) in [7, 11) is -4.83. The first-order valence-electron chi connectivity index (χ1n) is 25.5. The van der Waals surface area contributed by atoms with Crippen LogP contribution in [0.25, 0.3) is 10.9 Å². The Morgan fingerprint density at radius 2 is 1.09 bits per heavy atom. The van der Waals surface area contributed by atoms with Gasteiger partial charge in [-0.3, -0.25) is 42.9 Å². The van der Waals surface area contributed by atoms with Crippen LogP contribution in [0.5, 0.6) is 5.75 Å². The van der Waals surface area contributed by atoms with E-state index in [0.717, 1.165) is 0 Å². The number of amides is 8. The van der Waals surface area contributed by atoms with Crippen LogP contribution in [0.15, 0.2) is 115 Å². The van der Waals surface area contributed by atoms with Gasteiger partial charge in [0.05, 0.1) is 13.0 Å². The SMILES string of the molecule is CCCC[C@H](NC(=O)[C@H](Cc1ccc(OS(=O)(=O)O)cc1)NC(=O)OC(C)(C)C)C(=O)NCC(=O)N[C@@H](Cc1c[nH]c2ccccc12)C(=O)N[C@@H](Cc1ccccc1)C(=O)N[C@@H](CC(=O)O)C(=O)N[C@@H](Cc1ccccc1)C(N)=O. The number of aromatic amines is 1. The minimum Gasteiger partial charge on any atom is -0.481 e. The van der Waals surface area contributed by atoms with Gasteiger partial charge in [-0.05, 0) is 67.6 Å². The number of unbranched alkanes of at least 4 members (excludes halogenated alkanes) is 1. The Kier molecular flexibility index (Phi) is 22.7. The molecule has 0 fully saturated rings. The third kappa shape index (κ3) is 20.8. The fourth-order valence-corrected chi connectivity index (χ4v) is 8.60. The average molecular weight is 1130 g/mol. The van der Waals surface area contributed by atoms with Gasteiger partial charge in [0.1, 0.15) is 47.6 Å². The summed E-state index contributed by atoms with van der Waals surface area (Å²) in [6.45, 7) is 5.96. The zero-order valence-electron chi connectivity index (χ0n) is 44.5. The van der Waals surface area contributed by atoms with Gasteiger partial charge in [0.2, 0.25) is 41.4 Å². The maximum absolute atomic E-state index is 14.6. The molecule has 5 aromatic rings. The summed E-state index contributed by atoms with van der Waals surface area (Å²) in [5.41, 5.74) is 7.51. The second kappa shape index (κ2) is 29.2. The third-order valence-corrected chi connectivity index (χ3v) is 12.5. The Hall–Kier alpha value is -8.84. The third-order valence-electron chi connectivity index (χ3n) is 12.1. The van der Waals surface area contributed by atoms with Crippen LogP contribution in [-0.4, -0.2) is 125 Å². The van der Waals surface area contributed by atoms with Gasteiger partial charge in [0.15, 0.2) is 0 Å². The Morgan fingerprint density at radius 1 is 0.600 bits per heavy atom. The number of carboxylic acids is 1. The average Bonchev–Trinajstić information content (AvgIpc) is 3.80. The number of aliphatic carboxylic acids is 1. The molecule has 0 aliphatic rings. The standard InChI is InChI=1S/C55H67N9O15S/c1-5-6-20-40(60-51(71)43(64-54(74)78-55(2,3)4)28-35-22-24-37(25-23-35)79-80(75,76)77)49(69)58-32-46(65)59-44(29-36-31-57-39-21-14-13-19-38(36)39)52(72)62-42(27-34-17-11-8-12-18-34)50(70)63-45(30-47(66)67)53(73)61-41(48(56)68)26-33-15-9-7-10-16-33/h7-19,21-25,31,40-45,57H,5-6,20,26-30,32H2,1-4H3,(H2,56,68)(H,58,69)(H,59,65)(H,60,71)(H,61,73)(H,62,72)(H,63,70)(H,64,74)(H,66,67)(H,75,76,77)/t40-,41-,42-,43-,44-,45-/m0/s1. The summed E-state index contributed by atoms with van der Waals surface area (Å²) in [4.78, 5) is 125. The highest BCUT2D eigenvalue weighted by atomic mass is 32.3. The molecule has 5 rings (SSSR count). The number of primary amides is 1. The molecular formula is C55H67N9O15S. The molecule has 0 bridgehead atoms. The van der Waals surface area contributed by atoms with Crippen LogP contribution in [0.3, 0.4) is 0 Å². The predicted octanol–water partition coefficient (Wildman–Crippen LogP) is 2.20. The zero-order valence-corrected chi connectivity index (χ0v) is 45.3. The first-order valence-corrected chi connectivity index (χ1v) is 26.9. The number of para-hydroxylation sites is 1. The number of nitrogens with one attached hydrogen (secondary N) is 8. The molecule has 1 aromatic heterocycles. The lowest BCUT2D eigenvalue weighted by atomic mass is 10.0. The first-order chi connectivity index (χ1) is 37.9. The number of aromatic nitrogens is 1. The Morgan fingerprint density at radius 3 is 1.64 bits per heavy atom.